The van der Waals surface area contributed by atoms with Crippen LogP contribution in [0.25, 0.3) is 0 Å². The molecule has 3 amide bonds. The zero-order valence-corrected chi connectivity index (χ0v) is 11.5. The summed E-state index contributed by atoms with van der Waals surface area (Å²) in [5, 5.41) is 13.8. The van der Waals surface area contributed by atoms with Crippen LogP contribution in [0.1, 0.15) is 52.4 Å². The van der Waals surface area contributed by atoms with Crippen molar-refractivity contribution < 1.29 is 19.5 Å². The Bertz CT molecular complexity index is 360. The van der Waals surface area contributed by atoms with Crippen LogP contribution in [0.4, 0.5) is 4.79 Å². The first-order valence-electron chi connectivity index (χ1n) is 6.65. The van der Waals surface area contributed by atoms with Crippen molar-refractivity contribution in [3.63, 3.8) is 0 Å². The molecule has 1 rings (SSSR count). The zero-order valence-electron chi connectivity index (χ0n) is 11.5. The molecule has 1 aliphatic rings. The van der Waals surface area contributed by atoms with E-state index in [0.29, 0.717) is 0 Å². The maximum Gasteiger partial charge on any atom is 0.321 e. The van der Waals surface area contributed by atoms with Crippen molar-refractivity contribution in [2.24, 2.45) is 5.41 Å². The smallest absolute Gasteiger partial charge is 0.321 e. The van der Waals surface area contributed by atoms with Crippen molar-refractivity contribution in [3.05, 3.63) is 0 Å². The lowest BCUT2D eigenvalue weighted by atomic mass is 9.89. The van der Waals surface area contributed by atoms with Crippen LogP contribution in [0.5, 0.6) is 0 Å². The second-order valence-electron chi connectivity index (χ2n) is 5.72. The minimum absolute atomic E-state index is 0.119. The molecule has 0 saturated heterocycles. The largest absolute Gasteiger partial charge is 0.481 e. The van der Waals surface area contributed by atoms with Gasteiger partial charge in [0.1, 0.15) is 0 Å². The molecule has 0 bridgehead atoms. The van der Waals surface area contributed by atoms with Gasteiger partial charge in [0, 0.05) is 12.5 Å². The van der Waals surface area contributed by atoms with E-state index < -0.39 is 23.3 Å². The summed E-state index contributed by atoms with van der Waals surface area (Å²) in [7, 11) is 0. The topological polar surface area (TPSA) is 95.5 Å². The first-order chi connectivity index (χ1) is 8.81. The Hall–Kier alpha value is -1.59. The first-order valence-corrected chi connectivity index (χ1v) is 6.65. The molecule has 108 valence electrons. The van der Waals surface area contributed by atoms with Crippen LogP contribution in [-0.2, 0) is 9.59 Å². The molecule has 0 atom stereocenters. The van der Waals surface area contributed by atoms with Crippen LogP contribution in [0.2, 0.25) is 0 Å². The lowest BCUT2D eigenvalue weighted by Gasteiger charge is -2.23. The summed E-state index contributed by atoms with van der Waals surface area (Å²) in [5.74, 6) is -1.63. The highest BCUT2D eigenvalue weighted by atomic mass is 16.4. The lowest BCUT2D eigenvalue weighted by Crippen LogP contribution is -2.46. The average molecular weight is 270 g/mol. The van der Waals surface area contributed by atoms with E-state index in [1.807, 2.05) is 0 Å². The zero-order chi connectivity index (χ0) is 14.5. The van der Waals surface area contributed by atoms with Gasteiger partial charge >= 0.3 is 12.0 Å². The Morgan fingerprint density at radius 2 is 1.74 bits per heavy atom. The van der Waals surface area contributed by atoms with E-state index in [1.165, 1.54) is 20.3 Å². The summed E-state index contributed by atoms with van der Waals surface area (Å²) in [5.41, 5.74) is -1.17. The molecule has 19 heavy (non-hydrogen) atoms. The van der Waals surface area contributed by atoms with Gasteiger partial charge in [0.15, 0.2) is 0 Å². The van der Waals surface area contributed by atoms with E-state index in [4.69, 9.17) is 5.11 Å². The fourth-order valence-corrected chi connectivity index (χ4v) is 2.12. The van der Waals surface area contributed by atoms with Crippen molar-refractivity contribution in [3.8, 4) is 0 Å². The van der Waals surface area contributed by atoms with E-state index in [1.54, 1.807) is 0 Å². The molecule has 6 heteroatoms. The number of carbonyl (C=O) groups excluding carboxylic acids is 2. The fourth-order valence-electron chi connectivity index (χ4n) is 2.12. The molecule has 6 nitrogen and oxygen atoms in total. The number of amides is 3. The van der Waals surface area contributed by atoms with E-state index in [2.05, 4.69) is 10.6 Å². The predicted molar refractivity (Wildman–Crippen MR) is 69.6 cm³/mol. The van der Waals surface area contributed by atoms with Crippen molar-refractivity contribution in [1.82, 2.24) is 10.6 Å². The number of imide groups is 1. The predicted octanol–water partition coefficient (Wildman–Crippen LogP) is 1.65. The molecule has 0 heterocycles. The molecule has 0 aromatic heterocycles. The van der Waals surface area contributed by atoms with Gasteiger partial charge in [-0.3, -0.25) is 14.9 Å². The molecule has 3 N–H and O–H groups in total. The third-order valence-corrected chi connectivity index (χ3v) is 3.37. The normalized spacial score (nSPS) is 16.7. The van der Waals surface area contributed by atoms with Crippen LogP contribution in [0.3, 0.4) is 0 Å². The highest BCUT2D eigenvalue weighted by Gasteiger charge is 2.30. The number of carbonyl (C=O) groups is 3. The number of aliphatic carboxylic acids is 1. The van der Waals surface area contributed by atoms with Gasteiger partial charge in [-0.1, -0.05) is 19.3 Å². The summed E-state index contributed by atoms with van der Waals surface area (Å²) in [6.45, 7) is 2.90. The summed E-state index contributed by atoms with van der Waals surface area (Å²) in [6, 6.07) is -0.410. The van der Waals surface area contributed by atoms with Crippen LogP contribution in [0, 0.1) is 5.41 Å². The van der Waals surface area contributed by atoms with Gasteiger partial charge in [-0.25, -0.2) is 4.79 Å². The van der Waals surface area contributed by atoms with E-state index in [9.17, 15) is 14.4 Å². The third kappa shape index (κ3) is 5.28. The maximum atomic E-state index is 11.6. The number of hydrogen-bond acceptors (Lipinski definition) is 3. The lowest BCUT2D eigenvalue weighted by molar-refractivity contribution is -0.149. The molecule has 1 fully saturated rings. The number of hydrogen-bond donors (Lipinski definition) is 3. The first kappa shape index (κ1) is 15.5. The van der Waals surface area contributed by atoms with Gasteiger partial charge < -0.3 is 10.4 Å². The number of nitrogens with one attached hydrogen (secondary N) is 2. The number of carboxylic acids is 1. The average Bonchev–Trinajstić information content (AvgIpc) is 2.28. The third-order valence-electron chi connectivity index (χ3n) is 3.37. The molecule has 1 aliphatic carbocycles. The van der Waals surface area contributed by atoms with Crippen LogP contribution in [-0.4, -0.2) is 29.1 Å². The molecular formula is C13H22N2O4. The van der Waals surface area contributed by atoms with Gasteiger partial charge in [0.05, 0.1) is 5.41 Å². The number of rotatable bonds is 4. The van der Waals surface area contributed by atoms with Crippen LogP contribution < -0.4 is 10.6 Å². The van der Waals surface area contributed by atoms with Crippen molar-refractivity contribution in [2.75, 3.05) is 0 Å². The standard InChI is InChI=1S/C13H22N2O4/c1-13(2,11(17)18)8-10(16)15-12(19)14-9-6-4-3-5-7-9/h9H,3-8H2,1-2H3,(H,17,18)(H2,14,15,16,19). The molecular weight excluding hydrogens is 248 g/mol. The molecule has 0 aromatic rings. The SMILES string of the molecule is CC(C)(CC(=O)NC(=O)NC1CCCCC1)C(=O)O. The Morgan fingerprint density at radius 3 is 2.26 bits per heavy atom. The Kier molecular flexibility index (Phi) is 5.32. The quantitative estimate of drug-likeness (QED) is 0.723. The minimum atomic E-state index is -1.17. The van der Waals surface area contributed by atoms with Gasteiger partial charge in [-0.05, 0) is 26.7 Å². The Morgan fingerprint density at radius 1 is 1.16 bits per heavy atom. The van der Waals surface area contributed by atoms with E-state index >= 15 is 0 Å². The monoisotopic (exact) mass is 270 g/mol. The summed E-state index contributed by atoms with van der Waals surface area (Å²) in [6.07, 6.45) is 5.01. The minimum Gasteiger partial charge on any atom is -0.481 e. The molecule has 1 saturated carbocycles. The van der Waals surface area contributed by atoms with E-state index in [0.717, 1.165) is 25.7 Å². The highest BCUT2D eigenvalue weighted by Crippen LogP contribution is 2.20. The summed E-state index contributed by atoms with van der Waals surface area (Å²) < 4.78 is 0. The van der Waals surface area contributed by atoms with Gasteiger partial charge in [0.25, 0.3) is 0 Å². The summed E-state index contributed by atoms with van der Waals surface area (Å²) >= 11 is 0. The van der Waals surface area contributed by atoms with Crippen molar-refractivity contribution in [1.29, 1.82) is 0 Å². The number of urea groups is 1. The van der Waals surface area contributed by atoms with Crippen molar-refractivity contribution >= 4 is 17.9 Å². The Labute approximate surface area is 112 Å². The van der Waals surface area contributed by atoms with Crippen LogP contribution >= 0.6 is 0 Å². The Balaban J connectivity index is 2.35. The van der Waals surface area contributed by atoms with Gasteiger partial charge in [-0.2, -0.15) is 0 Å². The maximum absolute atomic E-state index is 11.6. The van der Waals surface area contributed by atoms with Gasteiger partial charge in [0.2, 0.25) is 5.91 Å². The van der Waals surface area contributed by atoms with Gasteiger partial charge in [-0.15, -0.1) is 0 Å². The second-order valence-corrected chi connectivity index (χ2v) is 5.72. The molecule has 0 aromatic carbocycles. The molecule has 0 unspecified atom stereocenters. The van der Waals surface area contributed by atoms with Crippen molar-refractivity contribution in [2.45, 2.75) is 58.4 Å². The molecule has 0 aliphatic heterocycles. The number of carboxylic acid groups (broad SMARTS) is 1. The molecule has 0 radical (unpaired) electrons. The highest BCUT2D eigenvalue weighted by molar-refractivity contribution is 5.96. The second kappa shape index (κ2) is 6.54. The summed E-state index contributed by atoms with van der Waals surface area (Å²) in [4.78, 5) is 34.0. The molecule has 0 spiro atoms. The van der Waals surface area contributed by atoms with E-state index in [-0.39, 0.29) is 12.5 Å². The van der Waals surface area contributed by atoms with Crippen LogP contribution in [0.15, 0.2) is 0 Å². The fraction of sp³-hybridized carbons (Fsp3) is 0.769.